The minimum Gasteiger partial charge on any atom is -0.312 e. The molecule has 0 bridgehead atoms. The maximum atomic E-state index is 13.3. The first-order valence-electron chi connectivity index (χ1n) is 11.3. The van der Waals surface area contributed by atoms with Gasteiger partial charge in [0.25, 0.3) is 0 Å². The Bertz CT molecular complexity index is 1380. The first-order chi connectivity index (χ1) is 15.8. The summed E-state index contributed by atoms with van der Waals surface area (Å²) in [5.41, 5.74) is 2.93. The molecule has 33 heavy (non-hydrogen) atoms. The van der Waals surface area contributed by atoms with Gasteiger partial charge in [-0.25, -0.2) is 8.42 Å². The minimum atomic E-state index is -3.69. The molecule has 0 aliphatic carbocycles. The second-order valence-electron chi connectivity index (χ2n) is 9.01. The van der Waals surface area contributed by atoms with Gasteiger partial charge in [-0.05, 0) is 62.9 Å². The van der Waals surface area contributed by atoms with E-state index in [0.29, 0.717) is 37.2 Å². The van der Waals surface area contributed by atoms with Crippen molar-refractivity contribution >= 4 is 43.2 Å². The van der Waals surface area contributed by atoms with Crippen molar-refractivity contribution in [3.05, 3.63) is 57.7 Å². The van der Waals surface area contributed by atoms with Crippen molar-refractivity contribution in [2.24, 2.45) is 5.92 Å². The molecule has 0 radical (unpaired) electrons. The van der Waals surface area contributed by atoms with Crippen molar-refractivity contribution in [3.8, 4) is 0 Å². The molecule has 3 aromatic rings. The summed E-state index contributed by atoms with van der Waals surface area (Å²) >= 11 is 1.07. The van der Waals surface area contributed by atoms with E-state index in [1.165, 1.54) is 9.87 Å². The average Bonchev–Trinajstić information content (AvgIpc) is 3.38. The maximum absolute atomic E-state index is 13.3. The van der Waals surface area contributed by atoms with Gasteiger partial charge in [-0.15, -0.1) is 0 Å². The summed E-state index contributed by atoms with van der Waals surface area (Å²) < 4.78 is 30.4. The van der Waals surface area contributed by atoms with Gasteiger partial charge >= 0.3 is 4.87 Å². The van der Waals surface area contributed by atoms with Gasteiger partial charge in [-0.1, -0.05) is 29.5 Å². The van der Waals surface area contributed by atoms with Crippen LogP contribution in [0.15, 0.2) is 52.2 Å². The lowest BCUT2D eigenvalue weighted by atomic mass is 9.96. The molecule has 0 atom stereocenters. The lowest BCUT2D eigenvalue weighted by molar-refractivity contribution is -0.123. The van der Waals surface area contributed by atoms with Gasteiger partial charge < -0.3 is 4.90 Å². The molecular weight excluding hydrogens is 458 g/mol. The predicted octanol–water partition coefficient (Wildman–Crippen LogP) is 3.63. The molecule has 0 unspecified atom stereocenters. The third-order valence-corrected chi connectivity index (χ3v) is 9.51. The van der Waals surface area contributed by atoms with Crippen molar-refractivity contribution in [1.82, 2.24) is 8.87 Å². The lowest BCUT2D eigenvalue weighted by Gasteiger charge is -2.32. The van der Waals surface area contributed by atoms with Gasteiger partial charge in [-0.3, -0.25) is 14.2 Å². The highest BCUT2D eigenvalue weighted by molar-refractivity contribution is 7.89. The number of anilines is 1. The molecule has 3 heterocycles. The third kappa shape index (κ3) is 3.82. The van der Waals surface area contributed by atoms with Gasteiger partial charge in [0.1, 0.15) is 0 Å². The molecule has 5 rings (SSSR count). The van der Waals surface area contributed by atoms with E-state index >= 15 is 0 Å². The number of carbonyl (C=O) groups is 1. The molecule has 1 fully saturated rings. The van der Waals surface area contributed by atoms with Gasteiger partial charge in [0.2, 0.25) is 15.9 Å². The fourth-order valence-corrected chi connectivity index (χ4v) is 7.57. The monoisotopic (exact) mass is 485 g/mol. The molecule has 2 aromatic carbocycles. The van der Waals surface area contributed by atoms with Crippen LogP contribution in [0.2, 0.25) is 0 Å². The number of nitrogens with zero attached hydrogens (tertiary/aromatic N) is 3. The molecule has 1 saturated heterocycles. The van der Waals surface area contributed by atoms with E-state index in [0.717, 1.165) is 29.0 Å². The van der Waals surface area contributed by atoms with Crippen LogP contribution in [0.3, 0.4) is 0 Å². The van der Waals surface area contributed by atoms with E-state index in [1.807, 2.05) is 36.9 Å². The summed E-state index contributed by atoms with van der Waals surface area (Å²) in [4.78, 5) is 27.4. The number of carbonyl (C=O) groups excluding carboxylic acids is 1. The van der Waals surface area contributed by atoms with Crippen molar-refractivity contribution in [3.63, 3.8) is 0 Å². The van der Waals surface area contributed by atoms with Gasteiger partial charge in [0, 0.05) is 37.3 Å². The Labute approximate surface area is 197 Å². The van der Waals surface area contributed by atoms with Crippen LogP contribution in [0.25, 0.3) is 10.2 Å². The summed E-state index contributed by atoms with van der Waals surface area (Å²) in [7, 11) is -3.69. The third-order valence-electron chi connectivity index (χ3n) is 6.70. The number of benzene rings is 2. The Morgan fingerprint density at radius 3 is 2.52 bits per heavy atom. The molecule has 2 aliphatic rings. The maximum Gasteiger partial charge on any atom is 0.308 e. The van der Waals surface area contributed by atoms with E-state index < -0.39 is 10.0 Å². The van der Waals surface area contributed by atoms with E-state index in [9.17, 15) is 18.0 Å². The summed E-state index contributed by atoms with van der Waals surface area (Å²) in [6.45, 7) is 5.19. The van der Waals surface area contributed by atoms with Crippen molar-refractivity contribution < 1.29 is 13.2 Å². The van der Waals surface area contributed by atoms with E-state index in [2.05, 4.69) is 6.07 Å². The van der Waals surface area contributed by atoms with Crippen LogP contribution in [-0.4, -0.2) is 42.8 Å². The second-order valence-corrected chi connectivity index (χ2v) is 11.9. The summed E-state index contributed by atoms with van der Waals surface area (Å²) in [5, 5.41) is 0. The van der Waals surface area contributed by atoms with Crippen LogP contribution in [0.5, 0.6) is 0 Å². The zero-order chi connectivity index (χ0) is 23.3. The van der Waals surface area contributed by atoms with Crippen LogP contribution in [0.4, 0.5) is 5.69 Å². The zero-order valence-electron chi connectivity index (χ0n) is 18.7. The molecule has 7 nitrogen and oxygen atoms in total. The number of hydrogen-bond donors (Lipinski definition) is 0. The molecular formula is C24H27N3O4S2. The number of amides is 1. The first-order valence-corrected chi connectivity index (χ1v) is 13.6. The summed E-state index contributed by atoms with van der Waals surface area (Å²) in [6.07, 6.45) is 1.88. The smallest absolute Gasteiger partial charge is 0.308 e. The molecule has 1 amide bonds. The molecule has 0 N–H and O–H groups in total. The summed E-state index contributed by atoms with van der Waals surface area (Å²) in [6, 6.07) is 12.9. The Kier molecular flexibility index (Phi) is 5.66. The highest BCUT2D eigenvalue weighted by Gasteiger charge is 2.36. The quantitative estimate of drug-likeness (QED) is 0.565. The minimum absolute atomic E-state index is 0.00726. The van der Waals surface area contributed by atoms with E-state index in [4.69, 9.17) is 0 Å². The van der Waals surface area contributed by atoms with Crippen LogP contribution >= 0.6 is 11.3 Å². The van der Waals surface area contributed by atoms with Crippen LogP contribution in [0, 0.1) is 5.92 Å². The molecule has 2 aliphatic heterocycles. The highest BCUT2D eigenvalue weighted by atomic mass is 32.2. The SMILES string of the molecule is CC(C)n1c(=O)sc2cc(S(=O)(=O)N3CCC(C(=O)N4CCc5ccccc54)CC3)ccc21. The summed E-state index contributed by atoms with van der Waals surface area (Å²) in [5.74, 6) is -0.0754. The van der Waals surface area contributed by atoms with E-state index in [-0.39, 0.29) is 27.6 Å². The lowest BCUT2D eigenvalue weighted by Crippen LogP contribution is -2.44. The Morgan fingerprint density at radius 2 is 1.79 bits per heavy atom. The molecule has 174 valence electrons. The first kappa shape index (κ1) is 22.3. The molecule has 9 heteroatoms. The van der Waals surface area contributed by atoms with Crippen molar-refractivity contribution in [2.45, 2.75) is 44.0 Å². The number of hydrogen-bond acceptors (Lipinski definition) is 5. The number of fused-ring (bicyclic) bond motifs is 2. The Hall–Kier alpha value is -2.49. The van der Waals surface area contributed by atoms with E-state index in [1.54, 1.807) is 22.8 Å². The second kappa shape index (κ2) is 8.38. The zero-order valence-corrected chi connectivity index (χ0v) is 20.4. The van der Waals surface area contributed by atoms with Crippen LogP contribution < -0.4 is 9.77 Å². The van der Waals surface area contributed by atoms with Gasteiger partial charge in [0.15, 0.2) is 0 Å². The molecule has 1 aromatic heterocycles. The highest BCUT2D eigenvalue weighted by Crippen LogP contribution is 2.32. The number of para-hydroxylation sites is 1. The van der Waals surface area contributed by atoms with Gasteiger partial charge in [-0.2, -0.15) is 4.31 Å². The largest absolute Gasteiger partial charge is 0.312 e. The average molecular weight is 486 g/mol. The topological polar surface area (TPSA) is 79.7 Å². The van der Waals surface area contributed by atoms with Gasteiger partial charge in [0.05, 0.1) is 15.1 Å². The normalized spacial score (nSPS) is 17.7. The Balaban J connectivity index is 1.31. The number of aromatic nitrogens is 1. The Morgan fingerprint density at radius 1 is 1.06 bits per heavy atom. The molecule has 0 spiro atoms. The fraction of sp³-hybridized carbons (Fsp3) is 0.417. The van der Waals surface area contributed by atoms with Crippen LogP contribution in [-0.2, 0) is 21.2 Å². The van der Waals surface area contributed by atoms with Crippen molar-refractivity contribution in [2.75, 3.05) is 24.5 Å². The predicted molar refractivity (Wildman–Crippen MR) is 130 cm³/mol. The molecule has 0 saturated carbocycles. The number of thiazole rings is 1. The van der Waals surface area contributed by atoms with Crippen LogP contribution in [0.1, 0.15) is 38.3 Å². The number of piperidine rings is 1. The fourth-order valence-electron chi connectivity index (χ4n) is 4.95. The van der Waals surface area contributed by atoms with Crippen molar-refractivity contribution in [1.29, 1.82) is 0 Å². The number of sulfonamides is 1. The standard InChI is InChI=1S/C24H27N3O4S2/c1-16(2)27-21-8-7-19(15-22(21)32-24(27)29)33(30,31)25-12-9-18(10-13-25)23(28)26-14-11-17-5-3-4-6-20(17)26/h3-8,15-16,18H,9-14H2,1-2H3. The number of rotatable bonds is 4.